The summed E-state index contributed by atoms with van der Waals surface area (Å²) in [5.74, 6) is 0.684. The Kier molecular flexibility index (Phi) is 2.49. The molecule has 1 aromatic heterocycles. The van der Waals surface area contributed by atoms with Crippen LogP contribution in [0.15, 0.2) is 22.6 Å². The predicted molar refractivity (Wildman–Crippen MR) is 57.8 cm³/mol. The van der Waals surface area contributed by atoms with Gasteiger partial charge in [-0.25, -0.2) is 9.97 Å². The lowest BCUT2D eigenvalue weighted by molar-refractivity contribution is 0.475. The zero-order chi connectivity index (χ0) is 10.9. The summed E-state index contributed by atoms with van der Waals surface area (Å²) in [5, 5.41) is 14.8. The molecule has 7 heteroatoms. The molecule has 15 heavy (non-hydrogen) atoms. The van der Waals surface area contributed by atoms with E-state index in [1.807, 2.05) is 0 Å². The smallest absolute Gasteiger partial charge is 0.179 e. The fourth-order valence-corrected chi connectivity index (χ4v) is 1.51. The van der Waals surface area contributed by atoms with E-state index in [4.69, 9.17) is 11.1 Å². The zero-order valence-corrected chi connectivity index (χ0v) is 8.78. The maximum atomic E-state index is 7.35. The molecular weight excluding hydrogens is 212 g/mol. The number of nitrogens with zero attached hydrogens (tertiary/aromatic N) is 4. The number of hydrogen-bond acceptors (Lipinski definition) is 6. The van der Waals surface area contributed by atoms with Crippen molar-refractivity contribution < 1.29 is 0 Å². The van der Waals surface area contributed by atoms with Crippen molar-refractivity contribution in [1.29, 1.82) is 5.41 Å². The normalized spacial score (nSPS) is 24.8. The third kappa shape index (κ3) is 1.88. The number of azo groups is 1. The van der Waals surface area contributed by atoms with Crippen molar-refractivity contribution in [2.75, 3.05) is 0 Å². The maximum Gasteiger partial charge on any atom is 0.179 e. The van der Waals surface area contributed by atoms with Crippen molar-refractivity contribution in [3.8, 4) is 0 Å². The van der Waals surface area contributed by atoms with Crippen LogP contribution in [0.25, 0.3) is 0 Å². The highest BCUT2D eigenvalue weighted by atomic mass is 32.1. The van der Waals surface area contributed by atoms with Gasteiger partial charge >= 0.3 is 0 Å². The molecule has 2 heterocycles. The minimum Gasteiger partial charge on any atom is -0.300 e. The number of nitrogens with two attached hydrogens (primary N) is 1. The third-order valence-corrected chi connectivity index (χ3v) is 2.44. The van der Waals surface area contributed by atoms with Gasteiger partial charge in [0, 0.05) is 5.75 Å². The van der Waals surface area contributed by atoms with Crippen LogP contribution in [0.5, 0.6) is 0 Å². The van der Waals surface area contributed by atoms with E-state index < -0.39 is 5.66 Å². The molecule has 1 unspecified atom stereocenters. The summed E-state index contributed by atoms with van der Waals surface area (Å²) < 4.78 is 0. The van der Waals surface area contributed by atoms with Crippen LogP contribution >= 0.6 is 12.6 Å². The van der Waals surface area contributed by atoms with Crippen molar-refractivity contribution in [2.24, 2.45) is 16.0 Å². The van der Waals surface area contributed by atoms with E-state index in [0.717, 1.165) is 5.69 Å². The van der Waals surface area contributed by atoms with Crippen LogP contribution in [0, 0.1) is 5.41 Å². The Morgan fingerprint density at radius 3 is 2.93 bits per heavy atom. The van der Waals surface area contributed by atoms with E-state index in [2.05, 4.69) is 32.8 Å². The van der Waals surface area contributed by atoms with Crippen LogP contribution in [-0.4, -0.2) is 15.8 Å². The lowest BCUT2D eigenvalue weighted by Gasteiger charge is -2.17. The van der Waals surface area contributed by atoms with E-state index in [9.17, 15) is 0 Å². The Labute approximate surface area is 92.0 Å². The maximum absolute atomic E-state index is 7.35. The second-order valence-corrected chi connectivity index (χ2v) is 3.62. The molecule has 1 aliphatic rings. The van der Waals surface area contributed by atoms with Gasteiger partial charge in [-0.1, -0.05) is 0 Å². The fourth-order valence-electron chi connectivity index (χ4n) is 1.34. The summed E-state index contributed by atoms with van der Waals surface area (Å²) in [6.07, 6.45) is 1.70. The SMILES string of the molecule is N=C1CC(N)(c2cc(CS)ncn2)N=N1. The molecule has 1 atom stereocenters. The second-order valence-electron chi connectivity index (χ2n) is 3.30. The standard InChI is InChI=1S/C8H10N6S/c9-7-2-8(10,14-13-7)6-1-5(3-15)11-4-12-6/h1,4,9,15H,2-3,10H2. The lowest BCUT2D eigenvalue weighted by Crippen LogP contribution is -2.34. The first-order valence-electron chi connectivity index (χ1n) is 4.35. The highest BCUT2D eigenvalue weighted by Crippen LogP contribution is 2.28. The van der Waals surface area contributed by atoms with Crippen LogP contribution < -0.4 is 5.73 Å². The van der Waals surface area contributed by atoms with Gasteiger partial charge < -0.3 is 5.73 Å². The van der Waals surface area contributed by atoms with Crippen LogP contribution in [0.1, 0.15) is 17.8 Å². The molecule has 1 aliphatic heterocycles. The number of hydrogen-bond donors (Lipinski definition) is 3. The number of thiol groups is 1. The van der Waals surface area contributed by atoms with Gasteiger partial charge in [0.05, 0.1) is 17.8 Å². The third-order valence-electron chi connectivity index (χ3n) is 2.12. The number of nitrogens with one attached hydrogen (secondary N) is 1. The van der Waals surface area contributed by atoms with Gasteiger partial charge in [-0.3, -0.25) is 5.41 Å². The molecule has 0 radical (unpaired) electrons. The Balaban J connectivity index is 2.37. The van der Waals surface area contributed by atoms with Crippen molar-refractivity contribution in [3.63, 3.8) is 0 Å². The Hall–Kier alpha value is -1.34. The van der Waals surface area contributed by atoms with E-state index in [1.54, 1.807) is 6.07 Å². The number of amidine groups is 1. The first kappa shape index (κ1) is 10.2. The fraction of sp³-hybridized carbons (Fsp3) is 0.375. The summed E-state index contributed by atoms with van der Waals surface area (Å²) in [7, 11) is 0. The van der Waals surface area contributed by atoms with E-state index >= 15 is 0 Å². The molecule has 0 saturated carbocycles. The van der Waals surface area contributed by atoms with Gasteiger partial charge in [0.15, 0.2) is 5.66 Å². The summed E-state index contributed by atoms with van der Waals surface area (Å²) in [4.78, 5) is 8.07. The van der Waals surface area contributed by atoms with Crippen molar-refractivity contribution in [3.05, 3.63) is 23.8 Å². The average molecular weight is 222 g/mol. The quantitative estimate of drug-likeness (QED) is 0.646. The zero-order valence-electron chi connectivity index (χ0n) is 7.88. The van der Waals surface area contributed by atoms with Gasteiger partial charge in [0.2, 0.25) is 0 Å². The molecule has 0 aromatic carbocycles. The first-order chi connectivity index (χ1) is 7.14. The number of aromatic nitrogens is 2. The van der Waals surface area contributed by atoms with Gasteiger partial charge in [0.25, 0.3) is 0 Å². The Morgan fingerprint density at radius 1 is 1.53 bits per heavy atom. The molecule has 78 valence electrons. The lowest BCUT2D eigenvalue weighted by atomic mass is 10.0. The molecule has 0 fully saturated rings. The summed E-state index contributed by atoms with van der Waals surface area (Å²) in [5.41, 5.74) is 6.33. The van der Waals surface area contributed by atoms with Crippen LogP contribution in [0.3, 0.4) is 0 Å². The Morgan fingerprint density at radius 2 is 2.33 bits per heavy atom. The molecule has 1 aromatic rings. The highest BCUT2D eigenvalue weighted by molar-refractivity contribution is 7.79. The monoisotopic (exact) mass is 222 g/mol. The van der Waals surface area contributed by atoms with Crippen LogP contribution in [-0.2, 0) is 11.4 Å². The van der Waals surface area contributed by atoms with Gasteiger partial charge in [-0.15, -0.1) is 5.11 Å². The Bertz CT molecular complexity index is 431. The summed E-state index contributed by atoms with van der Waals surface area (Å²) >= 11 is 4.12. The largest absolute Gasteiger partial charge is 0.300 e. The predicted octanol–water partition coefficient (Wildman–Crippen LogP) is 0.851. The van der Waals surface area contributed by atoms with Gasteiger partial charge in [0.1, 0.15) is 12.2 Å². The van der Waals surface area contributed by atoms with E-state index in [-0.39, 0.29) is 12.3 Å². The molecule has 2 rings (SSSR count). The molecule has 0 aliphatic carbocycles. The molecule has 6 nitrogen and oxygen atoms in total. The van der Waals surface area contributed by atoms with Crippen LogP contribution in [0.4, 0.5) is 0 Å². The second kappa shape index (κ2) is 3.67. The van der Waals surface area contributed by atoms with Gasteiger partial charge in [-0.2, -0.15) is 17.7 Å². The average Bonchev–Trinajstić information content (AvgIpc) is 2.60. The summed E-state index contributed by atoms with van der Waals surface area (Å²) in [6, 6.07) is 1.74. The topological polar surface area (TPSA) is 100 Å². The van der Waals surface area contributed by atoms with Crippen molar-refractivity contribution >= 4 is 18.5 Å². The van der Waals surface area contributed by atoms with E-state index in [0.29, 0.717) is 11.4 Å². The minimum absolute atomic E-state index is 0.170. The molecular formula is C8H10N6S. The first-order valence-corrected chi connectivity index (χ1v) is 4.99. The van der Waals surface area contributed by atoms with Crippen molar-refractivity contribution in [1.82, 2.24) is 9.97 Å². The highest BCUT2D eigenvalue weighted by Gasteiger charge is 2.35. The van der Waals surface area contributed by atoms with Crippen LogP contribution in [0.2, 0.25) is 0 Å². The summed E-state index contributed by atoms with van der Waals surface area (Å²) in [6.45, 7) is 0. The minimum atomic E-state index is -1.00. The molecule has 0 spiro atoms. The van der Waals surface area contributed by atoms with Crippen molar-refractivity contribution in [2.45, 2.75) is 17.8 Å². The van der Waals surface area contributed by atoms with Gasteiger partial charge in [-0.05, 0) is 6.07 Å². The molecule has 3 N–H and O–H groups in total. The number of rotatable bonds is 2. The molecule has 0 amide bonds. The molecule has 0 saturated heterocycles. The van der Waals surface area contributed by atoms with E-state index in [1.165, 1.54) is 6.33 Å². The molecule has 0 bridgehead atoms.